The van der Waals surface area contributed by atoms with Gasteiger partial charge in [-0.05, 0) is 36.8 Å². The van der Waals surface area contributed by atoms with E-state index in [1.165, 1.54) is 20.2 Å². The van der Waals surface area contributed by atoms with E-state index in [9.17, 15) is 13.2 Å². The number of carbonyl (C=O) groups excluding carboxylic acids is 1. The summed E-state index contributed by atoms with van der Waals surface area (Å²) in [5.41, 5.74) is 1.07. The lowest BCUT2D eigenvalue weighted by Crippen LogP contribution is -2.35. The van der Waals surface area contributed by atoms with Gasteiger partial charge in [0.15, 0.2) is 0 Å². The number of benzene rings is 2. The second-order valence-electron chi connectivity index (χ2n) is 5.56. The lowest BCUT2D eigenvalue weighted by atomic mass is 10.2. The standard InChI is InChI=1S/C17H18Cl2N2O4S/c1-11-7-8-14(25-3)15(9-11)26(23,24)21(2)10-16(22)20-13-6-4-5-12(18)17(13)19/h4-9H,10H2,1-3H3,(H,20,22). The Labute approximate surface area is 162 Å². The van der Waals surface area contributed by atoms with Crippen LogP contribution < -0.4 is 10.1 Å². The Morgan fingerprint density at radius 2 is 1.92 bits per heavy atom. The van der Waals surface area contributed by atoms with Gasteiger partial charge >= 0.3 is 0 Å². The van der Waals surface area contributed by atoms with Crippen molar-refractivity contribution in [3.05, 3.63) is 52.0 Å². The van der Waals surface area contributed by atoms with Gasteiger partial charge in [0.2, 0.25) is 15.9 Å². The van der Waals surface area contributed by atoms with Crippen LogP contribution in [0.2, 0.25) is 10.0 Å². The Bertz CT molecular complexity index is 932. The van der Waals surface area contributed by atoms with Crippen LogP contribution in [-0.2, 0) is 14.8 Å². The third kappa shape index (κ3) is 4.48. The zero-order chi connectivity index (χ0) is 19.5. The van der Waals surface area contributed by atoms with Crippen molar-refractivity contribution in [2.75, 3.05) is 26.0 Å². The summed E-state index contributed by atoms with van der Waals surface area (Å²) in [5.74, 6) is -0.340. The number of hydrogen-bond donors (Lipinski definition) is 1. The summed E-state index contributed by atoms with van der Waals surface area (Å²) in [7, 11) is -1.22. The first-order chi connectivity index (χ1) is 12.2. The first kappa shape index (κ1) is 20.5. The molecule has 0 unspecified atom stereocenters. The van der Waals surface area contributed by atoms with Gasteiger partial charge in [0.05, 0.1) is 29.4 Å². The number of nitrogens with zero attached hydrogens (tertiary/aromatic N) is 1. The fourth-order valence-corrected chi connectivity index (χ4v) is 3.94. The Balaban J connectivity index is 2.20. The third-order valence-electron chi connectivity index (χ3n) is 3.60. The van der Waals surface area contributed by atoms with E-state index in [0.717, 1.165) is 9.87 Å². The van der Waals surface area contributed by atoms with Gasteiger partial charge in [-0.3, -0.25) is 4.79 Å². The van der Waals surface area contributed by atoms with Crippen molar-refractivity contribution < 1.29 is 17.9 Å². The van der Waals surface area contributed by atoms with Gasteiger partial charge in [-0.25, -0.2) is 8.42 Å². The van der Waals surface area contributed by atoms with Crippen molar-refractivity contribution >= 4 is 44.8 Å². The number of carbonyl (C=O) groups is 1. The SMILES string of the molecule is COc1ccc(C)cc1S(=O)(=O)N(C)CC(=O)Nc1cccc(Cl)c1Cl. The van der Waals surface area contributed by atoms with E-state index in [4.69, 9.17) is 27.9 Å². The van der Waals surface area contributed by atoms with Crippen molar-refractivity contribution in [2.24, 2.45) is 0 Å². The third-order valence-corrected chi connectivity index (χ3v) is 6.24. The first-order valence-corrected chi connectivity index (χ1v) is 9.71. The number of hydrogen-bond acceptors (Lipinski definition) is 4. The highest BCUT2D eigenvalue weighted by Crippen LogP contribution is 2.30. The van der Waals surface area contributed by atoms with Gasteiger partial charge in [0, 0.05) is 7.05 Å². The highest BCUT2D eigenvalue weighted by Gasteiger charge is 2.26. The van der Waals surface area contributed by atoms with Crippen LogP contribution in [0.25, 0.3) is 0 Å². The minimum atomic E-state index is -3.92. The Morgan fingerprint density at radius 1 is 1.23 bits per heavy atom. The minimum Gasteiger partial charge on any atom is -0.495 e. The van der Waals surface area contributed by atoms with Crippen LogP contribution in [0.5, 0.6) is 5.75 Å². The Morgan fingerprint density at radius 3 is 2.58 bits per heavy atom. The molecule has 0 saturated heterocycles. The maximum atomic E-state index is 12.8. The summed E-state index contributed by atoms with van der Waals surface area (Å²) in [5, 5.41) is 3.03. The maximum Gasteiger partial charge on any atom is 0.246 e. The van der Waals surface area contributed by atoms with E-state index in [1.807, 2.05) is 0 Å². The fraction of sp³-hybridized carbons (Fsp3) is 0.235. The quantitative estimate of drug-likeness (QED) is 0.780. The highest BCUT2D eigenvalue weighted by atomic mass is 35.5. The normalized spacial score (nSPS) is 11.5. The summed E-state index contributed by atoms with van der Waals surface area (Å²) in [4.78, 5) is 12.2. The summed E-state index contributed by atoms with van der Waals surface area (Å²) >= 11 is 11.9. The van der Waals surface area contributed by atoms with E-state index >= 15 is 0 Å². The molecular formula is C17H18Cl2N2O4S. The van der Waals surface area contributed by atoms with E-state index in [0.29, 0.717) is 5.69 Å². The second kappa shape index (κ2) is 8.26. The van der Waals surface area contributed by atoms with Crippen LogP contribution in [0.1, 0.15) is 5.56 Å². The van der Waals surface area contributed by atoms with E-state index in [1.54, 1.807) is 37.3 Å². The van der Waals surface area contributed by atoms with Gasteiger partial charge < -0.3 is 10.1 Å². The molecule has 0 aliphatic carbocycles. The predicted molar refractivity (Wildman–Crippen MR) is 103 cm³/mol. The first-order valence-electron chi connectivity index (χ1n) is 7.51. The number of nitrogens with one attached hydrogen (secondary N) is 1. The molecule has 0 radical (unpaired) electrons. The van der Waals surface area contributed by atoms with Crippen LogP contribution in [0.3, 0.4) is 0 Å². The summed E-state index contributed by atoms with van der Waals surface area (Å²) in [6, 6.07) is 9.59. The minimum absolute atomic E-state index is 0.00362. The van der Waals surface area contributed by atoms with E-state index in [-0.39, 0.29) is 20.7 Å². The lowest BCUT2D eigenvalue weighted by Gasteiger charge is -2.19. The molecule has 2 aromatic carbocycles. The number of sulfonamides is 1. The Kier molecular flexibility index (Phi) is 6.52. The number of rotatable bonds is 6. The molecule has 140 valence electrons. The molecule has 0 saturated carbocycles. The summed E-state index contributed by atoms with van der Waals surface area (Å²) in [6.07, 6.45) is 0. The molecule has 1 N–H and O–H groups in total. The smallest absolute Gasteiger partial charge is 0.246 e. The summed E-state index contributed by atoms with van der Waals surface area (Å²) < 4.78 is 31.7. The molecule has 0 fully saturated rings. The summed E-state index contributed by atoms with van der Waals surface area (Å²) in [6.45, 7) is 1.37. The maximum absolute atomic E-state index is 12.8. The van der Waals surface area contributed by atoms with Crippen LogP contribution in [-0.4, -0.2) is 39.3 Å². The van der Waals surface area contributed by atoms with Crippen molar-refractivity contribution in [1.29, 1.82) is 0 Å². The molecule has 9 heteroatoms. The zero-order valence-corrected chi connectivity index (χ0v) is 16.7. The highest BCUT2D eigenvalue weighted by molar-refractivity contribution is 7.89. The van der Waals surface area contributed by atoms with Gasteiger partial charge in [-0.1, -0.05) is 35.3 Å². The topological polar surface area (TPSA) is 75.7 Å². The molecule has 0 bridgehead atoms. The molecule has 2 rings (SSSR count). The molecule has 26 heavy (non-hydrogen) atoms. The molecule has 0 spiro atoms. The number of likely N-dealkylation sites (N-methyl/N-ethyl adjacent to an activating group) is 1. The van der Waals surface area contributed by atoms with Crippen molar-refractivity contribution in [3.63, 3.8) is 0 Å². The number of amides is 1. The monoisotopic (exact) mass is 416 g/mol. The van der Waals surface area contributed by atoms with Crippen molar-refractivity contribution in [2.45, 2.75) is 11.8 Å². The molecule has 0 aromatic heterocycles. The molecular weight excluding hydrogens is 399 g/mol. The lowest BCUT2D eigenvalue weighted by molar-refractivity contribution is -0.116. The molecule has 1 amide bonds. The molecule has 2 aromatic rings. The number of halogens is 2. The second-order valence-corrected chi connectivity index (χ2v) is 8.36. The van der Waals surface area contributed by atoms with Gasteiger partial charge in [-0.2, -0.15) is 4.31 Å². The van der Waals surface area contributed by atoms with Crippen LogP contribution >= 0.6 is 23.2 Å². The molecule has 0 atom stereocenters. The molecule has 6 nitrogen and oxygen atoms in total. The van der Waals surface area contributed by atoms with Crippen LogP contribution in [0.15, 0.2) is 41.3 Å². The molecule has 0 heterocycles. The van der Waals surface area contributed by atoms with Gasteiger partial charge in [-0.15, -0.1) is 0 Å². The average Bonchev–Trinajstić information content (AvgIpc) is 2.58. The van der Waals surface area contributed by atoms with Crippen LogP contribution in [0.4, 0.5) is 5.69 Å². The van der Waals surface area contributed by atoms with Crippen molar-refractivity contribution in [1.82, 2.24) is 4.31 Å². The largest absolute Gasteiger partial charge is 0.495 e. The van der Waals surface area contributed by atoms with E-state index in [2.05, 4.69) is 5.32 Å². The predicted octanol–water partition coefficient (Wildman–Crippen LogP) is 3.57. The molecule has 0 aliphatic rings. The van der Waals surface area contributed by atoms with Crippen LogP contribution in [0, 0.1) is 6.92 Å². The number of ether oxygens (including phenoxy) is 1. The average molecular weight is 417 g/mol. The Hall–Kier alpha value is -1.80. The van der Waals surface area contributed by atoms with E-state index < -0.39 is 22.5 Å². The fourth-order valence-electron chi connectivity index (χ4n) is 2.23. The number of aryl methyl sites for hydroxylation is 1. The number of methoxy groups -OCH3 is 1. The van der Waals surface area contributed by atoms with Gasteiger partial charge in [0.25, 0.3) is 0 Å². The van der Waals surface area contributed by atoms with Crippen molar-refractivity contribution in [3.8, 4) is 5.75 Å². The number of anilines is 1. The van der Waals surface area contributed by atoms with Gasteiger partial charge in [0.1, 0.15) is 10.6 Å². The molecule has 0 aliphatic heterocycles. The zero-order valence-electron chi connectivity index (χ0n) is 14.4.